The van der Waals surface area contributed by atoms with Gasteiger partial charge < -0.3 is 4.90 Å². The zero-order chi connectivity index (χ0) is 15.4. The van der Waals surface area contributed by atoms with Crippen LogP contribution in [-0.2, 0) is 0 Å². The van der Waals surface area contributed by atoms with E-state index >= 15 is 0 Å². The Morgan fingerprint density at radius 1 is 1.48 bits per heavy atom. The van der Waals surface area contributed by atoms with Crippen LogP contribution in [0.4, 0.5) is 0 Å². The first-order chi connectivity index (χ1) is 10.1. The first-order valence-corrected chi connectivity index (χ1v) is 7.49. The van der Waals surface area contributed by atoms with Crippen molar-refractivity contribution in [1.82, 2.24) is 14.8 Å². The molecule has 0 bridgehead atoms. The average Bonchev–Trinajstić information content (AvgIpc) is 2.48. The number of hydrogen-bond acceptors (Lipinski definition) is 4. The summed E-state index contributed by atoms with van der Waals surface area (Å²) < 4.78 is 0. The standard InChI is InChI=1S/C15H19ClN4O/c1-3-12(9-17)19-4-6-20(7-5-19)15(21)13-10-18-11(2)8-14(13)16/h8,10,12H,3-7H2,1-2H3. The molecule has 1 fully saturated rings. The van der Waals surface area contributed by atoms with E-state index in [0.29, 0.717) is 36.8 Å². The third-order valence-corrected chi connectivity index (χ3v) is 4.11. The minimum Gasteiger partial charge on any atom is -0.336 e. The van der Waals surface area contributed by atoms with E-state index in [1.54, 1.807) is 11.0 Å². The van der Waals surface area contributed by atoms with Crippen molar-refractivity contribution in [3.63, 3.8) is 0 Å². The highest BCUT2D eigenvalue weighted by Crippen LogP contribution is 2.19. The van der Waals surface area contributed by atoms with Crippen LogP contribution in [0.2, 0.25) is 5.02 Å². The molecule has 1 unspecified atom stereocenters. The Morgan fingerprint density at radius 3 is 2.67 bits per heavy atom. The zero-order valence-corrected chi connectivity index (χ0v) is 13.1. The van der Waals surface area contributed by atoms with Gasteiger partial charge in [0.25, 0.3) is 5.91 Å². The van der Waals surface area contributed by atoms with E-state index in [9.17, 15) is 4.79 Å². The van der Waals surface area contributed by atoms with Gasteiger partial charge in [0.05, 0.1) is 22.7 Å². The molecule has 0 spiro atoms. The molecule has 1 atom stereocenters. The molecule has 21 heavy (non-hydrogen) atoms. The van der Waals surface area contributed by atoms with Crippen LogP contribution in [0.15, 0.2) is 12.3 Å². The van der Waals surface area contributed by atoms with Crippen molar-refractivity contribution < 1.29 is 4.79 Å². The first kappa shape index (κ1) is 15.7. The van der Waals surface area contributed by atoms with Crippen LogP contribution < -0.4 is 0 Å². The van der Waals surface area contributed by atoms with Gasteiger partial charge in [-0.05, 0) is 19.4 Å². The molecule has 1 aromatic heterocycles. The van der Waals surface area contributed by atoms with E-state index in [1.165, 1.54) is 6.20 Å². The number of aromatic nitrogens is 1. The third-order valence-electron chi connectivity index (χ3n) is 3.80. The van der Waals surface area contributed by atoms with Gasteiger partial charge in [0, 0.05) is 38.1 Å². The fourth-order valence-corrected chi connectivity index (χ4v) is 2.81. The number of hydrogen-bond donors (Lipinski definition) is 0. The molecule has 1 aromatic rings. The number of carbonyl (C=O) groups excluding carboxylic acids is 1. The topological polar surface area (TPSA) is 60.2 Å². The molecule has 0 saturated carbocycles. The monoisotopic (exact) mass is 306 g/mol. The first-order valence-electron chi connectivity index (χ1n) is 7.12. The van der Waals surface area contributed by atoms with Crippen LogP contribution >= 0.6 is 11.6 Å². The van der Waals surface area contributed by atoms with E-state index in [2.05, 4.69) is 16.0 Å². The lowest BCUT2D eigenvalue weighted by molar-refractivity contribution is 0.0604. The fraction of sp³-hybridized carbons (Fsp3) is 0.533. The maximum Gasteiger partial charge on any atom is 0.257 e. The van der Waals surface area contributed by atoms with Gasteiger partial charge >= 0.3 is 0 Å². The second-order valence-electron chi connectivity index (χ2n) is 5.19. The largest absolute Gasteiger partial charge is 0.336 e. The molecule has 0 radical (unpaired) electrons. The Kier molecular flexibility index (Phi) is 5.16. The van der Waals surface area contributed by atoms with Gasteiger partial charge in [0.1, 0.15) is 0 Å². The summed E-state index contributed by atoms with van der Waals surface area (Å²) in [6.45, 7) is 6.50. The number of nitrogens with zero attached hydrogens (tertiary/aromatic N) is 4. The second kappa shape index (κ2) is 6.88. The van der Waals surface area contributed by atoms with Crippen molar-refractivity contribution in [2.24, 2.45) is 0 Å². The highest BCUT2D eigenvalue weighted by atomic mass is 35.5. The summed E-state index contributed by atoms with van der Waals surface area (Å²) in [6.07, 6.45) is 2.34. The van der Waals surface area contributed by atoms with Crippen LogP contribution in [0.1, 0.15) is 29.4 Å². The number of nitriles is 1. The smallest absolute Gasteiger partial charge is 0.257 e. The number of halogens is 1. The van der Waals surface area contributed by atoms with Gasteiger partial charge in [-0.1, -0.05) is 18.5 Å². The second-order valence-corrected chi connectivity index (χ2v) is 5.59. The molecule has 112 valence electrons. The summed E-state index contributed by atoms with van der Waals surface area (Å²) in [7, 11) is 0. The molecule has 2 rings (SSSR count). The average molecular weight is 307 g/mol. The van der Waals surface area contributed by atoms with Crippen LogP contribution in [0.25, 0.3) is 0 Å². The third kappa shape index (κ3) is 3.52. The SMILES string of the molecule is CCC(C#N)N1CCN(C(=O)c2cnc(C)cc2Cl)CC1. The van der Waals surface area contributed by atoms with Crippen molar-refractivity contribution in [2.45, 2.75) is 26.3 Å². The predicted molar refractivity (Wildman–Crippen MR) is 81.2 cm³/mol. The summed E-state index contributed by atoms with van der Waals surface area (Å²) in [6, 6.07) is 3.94. The van der Waals surface area contributed by atoms with Gasteiger partial charge in [-0.2, -0.15) is 5.26 Å². The van der Waals surface area contributed by atoms with Crippen molar-refractivity contribution in [1.29, 1.82) is 5.26 Å². The molecule has 2 heterocycles. The normalized spacial score (nSPS) is 17.3. The maximum atomic E-state index is 12.5. The fourth-order valence-electron chi connectivity index (χ4n) is 2.52. The maximum absolute atomic E-state index is 12.5. The van der Waals surface area contributed by atoms with E-state index in [0.717, 1.165) is 12.1 Å². The van der Waals surface area contributed by atoms with Gasteiger partial charge in [-0.25, -0.2) is 0 Å². The Hall–Kier alpha value is -1.64. The van der Waals surface area contributed by atoms with Crippen LogP contribution in [0.5, 0.6) is 0 Å². The van der Waals surface area contributed by atoms with Gasteiger partial charge in [0.15, 0.2) is 0 Å². The van der Waals surface area contributed by atoms with Crippen molar-refractivity contribution in [3.8, 4) is 6.07 Å². The lowest BCUT2D eigenvalue weighted by atomic mass is 10.1. The van der Waals surface area contributed by atoms with Crippen LogP contribution in [0.3, 0.4) is 0 Å². The summed E-state index contributed by atoms with van der Waals surface area (Å²) in [4.78, 5) is 20.5. The number of aryl methyl sites for hydroxylation is 1. The number of piperazine rings is 1. The highest BCUT2D eigenvalue weighted by Gasteiger charge is 2.26. The van der Waals surface area contributed by atoms with E-state index in [-0.39, 0.29) is 11.9 Å². The summed E-state index contributed by atoms with van der Waals surface area (Å²) >= 11 is 6.13. The van der Waals surface area contributed by atoms with Crippen molar-refractivity contribution >= 4 is 17.5 Å². The molecular weight excluding hydrogens is 288 g/mol. The minimum atomic E-state index is -0.0860. The molecule has 0 N–H and O–H groups in total. The molecule has 0 aromatic carbocycles. The Morgan fingerprint density at radius 2 is 2.14 bits per heavy atom. The highest BCUT2D eigenvalue weighted by molar-refractivity contribution is 6.33. The molecule has 0 aliphatic carbocycles. The molecule has 1 amide bonds. The lowest BCUT2D eigenvalue weighted by Gasteiger charge is -2.36. The number of carbonyl (C=O) groups is 1. The Bertz CT molecular complexity index is 561. The van der Waals surface area contributed by atoms with Crippen molar-refractivity contribution in [3.05, 3.63) is 28.5 Å². The lowest BCUT2D eigenvalue weighted by Crippen LogP contribution is -2.51. The van der Waals surface area contributed by atoms with Gasteiger partial charge in [-0.3, -0.25) is 14.7 Å². The summed E-state index contributed by atoms with van der Waals surface area (Å²) in [5, 5.41) is 9.54. The molecule has 6 heteroatoms. The number of amides is 1. The Labute approximate surface area is 130 Å². The summed E-state index contributed by atoms with van der Waals surface area (Å²) in [5.74, 6) is -0.0860. The van der Waals surface area contributed by atoms with Crippen LogP contribution in [-0.4, -0.2) is 52.9 Å². The van der Waals surface area contributed by atoms with Gasteiger partial charge in [-0.15, -0.1) is 0 Å². The van der Waals surface area contributed by atoms with E-state index in [1.807, 2.05) is 13.8 Å². The zero-order valence-electron chi connectivity index (χ0n) is 12.3. The molecule has 1 saturated heterocycles. The van der Waals surface area contributed by atoms with E-state index < -0.39 is 0 Å². The minimum absolute atomic E-state index is 0.0631. The quantitative estimate of drug-likeness (QED) is 0.858. The molecular formula is C15H19ClN4O. The van der Waals surface area contributed by atoms with E-state index in [4.69, 9.17) is 16.9 Å². The molecule has 5 nitrogen and oxygen atoms in total. The van der Waals surface area contributed by atoms with Gasteiger partial charge in [0.2, 0.25) is 0 Å². The molecule has 1 aliphatic heterocycles. The van der Waals surface area contributed by atoms with Crippen LogP contribution in [0, 0.1) is 18.3 Å². The Balaban J connectivity index is 2.02. The van der Waals surface area contributed by atoms with Crippen molar-refractivity contribution in [2.75, 3.05) is 26.2 Å². The number of rotatable bonds is 3. The molecule has 1 aliphatic rings. The number of pyridine rings is 1. The predicted octanol–water partition coefficient (Wildman–Crippen LogP) is 2.10. The summed E-state index contributed by atoms with van der Waals surface area (Å²) in [5.41, 5.74) is 1.24.